The zero-order chi connectivity index (χ0) is 22.8. The molecule has 32 heavy (non-hydrogen) atoms. The van der Waals surface area contributed by atoms with E-state index in [0.29, 0.717) is 28.0 Å². The van der Waals surface area contributed by atoms with Crippen molar-refractivity contribution in [3.05, 3.63) is 94.5 Å². The lowest BCUT2D eigenvalue weighted by Gasteiger charge is -2.17. The van der Waals surface area contributed by atoms with Crippen LogP contribution in [0.4, 0.5) is 5.69 Å². The van der Waals surface area contributed by atoms with Crippen LogP contribution in [0.3, 0.4) is 0 Å². The van der Waals surface area contributed by atoms with Crippen molar-refractivity contribution in [2.24, 2.45) is 0 Å². The minimum Gasteiger partial charge on any atom is -0.496 e. The molecule has 1 aliphatic heterocycles. The largest absolute Gasteiger partial charge is 0.496 e. The number of amides is 3. The molecule has 1 aliphatic rings. The van der Waals surface area contributed by atoms with Crippen molar-refractivity contribution in [1.82, 2.24) is 4.90 Å². The molecule has 0 bridgehead atoms. The number of anilines is 1. The monoisotopic (exact) mass is 428 g/mol. The van der Waals surface area contributed by atoms with Crippen LogP contribution in [-0.2, 0) is 6.54 Å². The van der Waals surface area contributed by atoms with Crippen molar-refractivity contribution < 1.29 is 19.1 Å². The number of para-hydroxylation sites is 1. The van der Waals surface area contributed by atoms with Crippen LogP contribution >= 0.6 is 0 Å². The van der Waals surface area contributed by atoms with Gasteiger partial charge in [0.05, 0.1) is 30.3 Å². The minimum atomic E-state index is -0.335. The van der Waals surface area contributed by atoms with E-state index in [1.54, 1.807) is 42.5 Å². The molecule has 4 rings (SSSR count). The summed E-state index contributed by atoms with van der Waals surface area (Å²) in [6.07, 6.45) is 0. The van der Waals surface area contributed by atoms with Crippen LogP contribution in [-0.4, -0.2) is 29.7 Å². The van der Waals surface area contributed by atoms with Crippen molar-refractivity contribution in [2.75, 3.05) is 12.4 Å². The number of carbonyl (C=O) groups excluding carboxylic acids is 3. The van der Waals surface area contributed by atoms with Crippen LogP contribution in [0.15, 0.2) is 66.7 Å². The van der Waals surface area contributed by atoms with E-state index in [4.69, 9.17) is 4.74 Å². The number of benzene rings is 3. The normalized spacial score (nSPS) is 12.8. The molecule has 0 radical (unpaired) electrons. The summed E-state index contributed by atoms with van der Waals surface area (Å²) in [6, 6.07) is 19.5. The maximum absolute atomic E-state index is 13.1. The average molecular weight is 428 g/mol. The van der Waals surface area contributed by atoms with Crippen LogP contribution in [0.5, 0.6) is 5.75 Å². The molecule has 0 atom stereocenters. The fourth-order valence-electron chi connectivity index (χ4n) is 3.90. The lowest BCUT2D eigenvalue weighted by Crippen LogP contribution is -2.29. The molecule has 3 aromatic rings. The summed E-state index contributed by atoms with van der Waals surface area (Å²) in [5.74, 6) is -0.333. The minimum absolute atomic E-state index is 0.0687. The Hall–Kier alpha value is -3.93. The quantitative estimate of drug-likeness (QED) is 0.569. The van der Waals surface area contributed by atoms with E-state index in [1.807, 2.05) is 24.3 Å². The second-order valence-electron chi connectivity index (χ2n) is 7.97. The number of rotatable bonds is 6. The third-order valence-corrected chi connectivity index (χ3v) is 5.56. The molecule has 0 spiro atoms. The zero-order valence-corrected chi connectivity index (χ0v) is 18.2. The summed E-state index contributed by atoms with van der Waals surface area (Å²) >= 11 is 0. The number of hydrogen-bond acceptors (Lipinski definition) is 4. The average Bonchev–Trinajstić information content (AvgIpc) is 3.04. The van der Waals surface area contributed by atoms with Gasteiger partial charge in [0.1, 0.15) is 5.75 Å². The maximum atomic E-state index is 13.1. The van der Waals surface area contributed by atoms with Crippen LogP contribution in [0.25, 0.3) is 0 Å². The summed E-state index contributed by atoms with van der Waals surface area (Å²) in [5.41, 5.74) is 3.55. The van der Waals surface area contributed by atoms with Gasteiger partial charge in [-0.2, -0.15) is 0 Å². The molecule has 1 N–H and O–H groups in total. The molecule has 3 amide bonds. The molecule has 0 saturated heterocycles. The van der Waals surface area contributed by atoms with Gasteiger partial charge in [-0.3, -0.25) is 19.3 Å². The molecule has 0 unspecified atom stereocenters. The topological polar surface area (TPSA) is 75.7 Å². The Morgan fingerprint density at radius 2 is 1.56 bits per heavy atom. The van der Waals surface area contributed by atoms with E-state index in [9.17, 15) is 14.4 Å². The third kappa shape index (κ3) is 3.87. The zero-order valence-electron chi connectivity index (χ0n) is 18.2. The Morgan fingerprint density at radius 1 is 0.938 bits per heavy atom. The van der Waals surface area contributed by atoms with E-state index >= 15 is 0 Å². The van der Waals surface area contributed by atoms with Crippen LogP contribution in [0, 0.1) is 0 Å². The molecule has 0 aliphatic carbocycles. The van der Waals surface area contributed by atoms with Gasteiger partial charge in [-0.25, -0.2) is 0 Å². The number of fused-ring (bicyclic) bond motifs is 1. The van der Waals surface area contributed by atoms with E-state index < -0.39 is 0 Å². The van der Waals surface area contributed by atoms with Crippen molar-refractivity contribution in [3.8, 4) is 5.75 Å². The Morgan fingerprint density at radius 3 is 2.19 bits per heavy atom. The predicted octanol–water partition coefficient (Wildman–Crippen LogP) is 4.87. The van der Waals surface area contributed by atoms with Gasteiger partial charge in [0, 0.05) is 5.69 Å². The fraction of sp³-hybridized carbons (Fsp3) is 0.192. The first-order chi connectivity index (χ1) is 15.4. The van der Waals surface area contributed by atoms with Crippen molar-refractivity contribution in [1.29, 1.82) is 0 Å². The summed E-state index contributed by atoms with van der Waals surface area (Å²) in [6.45, 7) is 4.20. The number of ether oxygens (including phenoxy) is 1. The van der Waals surface area contributed by atoms with Crippen LogP contribution in [0.2, 0.25) is 0 Å². The molecule has 0 aromatic heterocycles. The highest BCUT2D eigenvalue weighted by molar-refractivity contribution is 6.21. The summed E-state index contributed by atoms with van der Waals surface area (Å²) < 4.78 is 5.39. The van der Waals surface area contributed by atoms with Gasteiger partial charge < -0.3 is 10.1 Å². The van der Waals surface area contributed by atoms with Gasteiger partial charge in [-0.15, -0.1) is 0 Å². The lowest BCUT2D eigenvalue weighted by atomic mass is 10.0. The molecular formula is C26H24N2O4. The second-order valence-corrected chi connectivity index (χ2v) is 7.97. The summed E-state index contributed by atoms with van der Waals surface area (Å²) in [5, 5.41) is 2.97. The SMILES string of the molecule is COc1ccc(CN2C(=O)c3ccccc3C2=O)cc1C(=O)Nc1ccccc1C(C)C. The number of methoxy groups -OCH3 is 1. The summed E-state index contributed by atoms with van der Waals surface area (Å²) in [7, 11) is 1.50. The van der Waals surface area contributed by atoms with E-state index in [2.05, 4.69) is 19.2 Å². The highest BCUT2D eigenvalue weighted by Crippen LogP contribution is 2.28. The molecule has 1 heterocycles. The first kappa shape index (κ1) is 21.3. The van der Waals surface area contributed by atoms with E-state index in [-0.39, 0.29) is 30.2 Å². The van der Waals surface area contributed by atoms with Crippen molar-refractivity contribution in [2.45, 2.75) is 26.3 Å². The highest BCUT2D eigenvalue weighted by atomic mass is 16.5. The van der Waals surface area contributed by atoms with E-state index in [1.165, 1.54) is 12.0 Å². The van der Waals surface area contributed by atoms with Crippen molar-refractivity contribution in [3.63, 3.8) is 0 Å². The van der Waals surface area contributed by atoms with Crippen LogP contribution < -0.4 is 10.1 Å². The number of nitrogens with one attached hydrogen (secondary N) is 1. The van der Waals surface area contributed by atoms with Gasteiger partial charge in [-0.1, -0.05) is 50.2 Å². The Labute approximate surface area is 186 Å². The first-order valence-electron chi connectivity index (χ1n) is 10.4. The van der Waals surface area contributed by atoms with Gasteiger partial charge >= 0.3 is 0 Å². The van der Waals surface area contributed by atoms with Gasteiger partial charge in [0.2, 0.25) is 0 Å². The third-order valence-electron chi connectivity index (χ3n) is 5.56. The summed E-state index contributed by atoms with van der Waals surface area (Å²) in [4.78, 5) is 39.7. The van der Waals surface area contributed by atoms with Crippen molar-refractivity contribution >= 4 is 23.4 Å². The smallest absolute Gasteiger partial charge is 0.261 e. The molecule has 6 heteroatoms. The first-order valence-corrected chi connectivity index (χ1v) is 10.4. The molecular weight excluding hydrogens is 404 g/mol. The standard InChI is InChI=1S/C26H24N2O4/c1-16(2)18-8-6-7-11-22(18)27-24(29)21-14-17(12-13-23(21)32-3)15-28-25(30)19-9-4-5-10-20(19)26(28)31/h4-14,16H,15H2,1-3H3,(H,27,29). The number of hydrogen-bond donors (Lipinski definition) is 1. The Bertz CT molecular complexity index is 1180. The predicted molar refractivity (Wildman–Crippen MR) is 122 cm³/mol. The van der Waals surface area contributed by atoms with E-state index in [0.717, 1.165) is 11.3 Å². The maximum Gasteiger partial charge on any atom is 0.261 e. The highest BCUT2D eigenvalue weighted by Gasteiger charge is 2.35. The molecule has 3 aromatic carbocycles. The van der Waals surface area contributed by atoms with Crippen LogP contribution in [0.1, 0.15) is 62.0 Å². The van der Waals surface area contributed by atoms with Gasteiger partial charge in [0.15, 0.2) is 0 Å². The van der Waals surface area contributed by atoms with Gasteiger partial charge in [0.25, 0.3) is 17.7 Å². The molecule has 162 valence electrons. The Balaban J connectivity index is 1.61. The van der Waals surface area contributed by atoms with Gasteiger partial charge in [-0.05, 0) is 47.4 Å². The Kier molecular flexibility index (Phi) is 5.77. The molecule has 0 saturated carbocycles. The lowest BCUT2D eigenvalue weighted by molar-refractivity contribution is 0.0642. The number of imide groups is 1. The fourth-order valence-corrected chi connectivity index (χ4v) is 3.90. The second kappa shape index (κ2) is 8.67. The number of carbonyl (C=O) groups is 3. The number of nitrogens with zero attached hydrogens (tertiary/aromatic N) is 1. The molecule has 0 fully saturated rings. The molecule has 6 nitrogen and oxygen atoms in total.